The van der Waals surface area contributed by atoms with Crippen LogP contribution in [0.15, 0.2) is 36.7 Å². The second-order valence-corrected chi connectivity index (χ2v) is 5.97. The van der Waals surface area contributed by atoms with Gasteiger partial charge < -0.3 is 20.9 Å². The van der Waals surface area contributed by atoms with Gasteiger partial charge in [0.15, 0.2) is 0 Å². The van der Waals surface area contributed by atoms with Crippen molar-refractivity contribution < 1.29 is 9.59 Å². The predicted octanol–water partition coefficient (Wildman–Crippen LogP) is 0.379. The van der Waals surface area contributed by atoms with E-state index in [-0.39, 0.29) is 23.8 Å². The van der Waals surface area contributed by atoms with Crippen molar-refractivity contribution in [3.8, 4) is 0 Å². The van der Waals surface area contributed by atoms with E-state index >= 15 is 0 Å². The average molecular weight is 340 g/mol. The maximum absolute atomic E-state index is 12.5. The average Bonchev–Trinajstić information content (AvgIpc) is 2.59. The fourth-order valence-electron chi connectivity index (χ4n) is 2.49. The van der Waals surface area contributed by atoms with Crippen molar-refractivity contribution in [2.45, 2.75) is 6.04 Å². The van der Waals surface area contributed by atoms with Crippen molar-refractivity contribution in [3.05, 3.63) is 47.8 Å². The highest BCUT2D eigenvalue weighted by Crippen LogP contribution is 2.16. The van der Waals surface area contributed by atoms with Gasteiger partial charge in [0.05, 0.1) is 24.1 Å². The highest BCUT2D eigenvalue weighted by Gasteiger charge is 2.26. The maximum atomic E-state index is 12.5. The van der Waals surface area contributed by atoms with Crippen molar-refractivity contribution in [1.29, 1.82) is 0 Å². The fourth-order valence-corrected chi connectivity index (χ4v) is 2.49. The van der Waals surface area contributed by atoms with Gasteiger partial charge in [-0.05, 0) is 24.3 Å². The molecular formula is C17H20N6O2. The van der Waals surface area contributed by atoms with E-state index in [0.717, 1.165) is 13.1 Å². The topological polar surface area (TPSA) is 104 Å². The summed E-state index contributed by atoms with van der Waals surface area (Å²) in [6.45, 7) is 1.63. The highest BCUT2D eigenvalue weighted by atomic mass is 16.2. The van der Waals surface area contributed by atoms with Gasteiger partial charge in [0.1, 0.15) is 0 Å². The van der Waals surface area contributed by atoms with Gasteiger partial charge in [-0.1, -0.05) is 0 Å². The van der Waals surface area contributed by atoms with Gasteiger partial charge in [0.25, 0.3) is 11.8 Å². The lowest BCUT2D eigenvalue weighted by molar-refractivity contribution is 0.0681. The molecule has 1 aliphatic rings. The summed E-state index contributed by atoms with van der Waals surface area (Å²) < 4.78 is 0. The lowest BCUT2D eigenvalue weighted by Crippen LogP contribution is -2.57. The number of likely N-dealkylation sites (N-methyl/N-ethyl adjacent to an activating group) is 1. The Labute approximate surface area is 145 Å². The number of benzene rings is 1. The van der Waals surface area contributed by atoms with Crippen LogP contribution in [0.3, 0.4) is 0 Å². The second kappa shape index (κ2) is 6.86. The van der Waals surface area contributed by atoms with Crippen LogP contribution >= 0.6 is 0 Å². The summed E-state index contributed by atoms with van der Waals surface area (Å²) in [6.07, 6.45) is 2.97. The van der Waals surface area contributed by atoms with Crippen LogP contribution in [0.5, 0.6) is 0 Å². The molecule has 0 aliphatic carbocycles. The molecule has 8 nitrogen and oxygen atoms in total. The minimum atomic E-state index is -0.219. The minimum absolute atomic E-state index is 0.0502. The summed E-state index contributed by atoms with van der Waals surface area (Å²) in [6, 6.07) is 6.87. The monoisotopic (exact) mass is 340 g/mol. The molecule has 1 aromatic heterocycles. The Hall–Kier alpha value is -3.00. The van der Waals surface area contributed by atoms with Crippen LogP contribution in [0, 0.1) is 0 Å². The smallest absolute Gasteiger partial charge is 0.258 e. The van der Waals surface area contributed by atoms with E-state index in [0.29, 0.717) is 16.8 Å². The number of nitrogen functional groups attached to an aromatic ring is 1. The van der Waals surface area contributed by atoms with Gasteiger partial charge in [-0.15, -0.1) is 0 Å². The zero-order chi connectivity index (χ0) is 18.0. The van der Waals surface area contributed by atoms with Crippen molar-refractivity contribution in [1.82, 2.24) is 20.2 Å². The molecule has 0 spiro atoms. The van der Waals surface area contributed by atoms with Crippen molar-refractivity contribution in [3.63, 3.8) is 0 Å². The number of nitrogens with zero attached hydrogens (tertiary/aromatic N) is 4. The Bertz CT molecular complexity index is 771. The molecule has 1 saturated heterocycles. The predicted molar refractivity (Wildman–Crippen MR) is 94.4 cm³/mol. The molecule has 25 heavy (non-hydrogen) atoms. The van der Waals surface area contributed by atoms with Crippen LogP contribution in [-0.4, -0.2) is 59.9 Å². The first-order chi connectivity index (χ1) is 12.0. The molecule has 1 fully saturated rings. The first kappa shape index (κ1) is 16.8. The van der Waals surface area contributed by atoms with Gasteiger partial charge in [0, 0.05) is 38.3 Å². The lowest BCUT2D eigenvalue weighted by atomic mass is 10.1. The number of hydrogen-bond acceptors (Lipinski definition) is 6. The Morgan fingerprint density at radius 1 is 1.04 bits per heavy atom. The quantitative estimate of drug-likeness (QED) is 0.834. The van der Waals surface area contributed by atoms with Crippen molar-refractivity contribution >= 4 is 23.5 Å². The van der Waals surface area contributed by atoms with Crippen LogP contribution in [0.25, 0.3) is 0 Å². The SMILES string of the molecule is CN(C(=O)c1ccc(C(=O)N(C)C2CNC2)cc1)c1cnc(N)nc1. The highest BCUT2D eigenvalue weighted by molar-refractivity contribution is 6.06. The molecule has 0 bridgehead atoms. The third kappa shape index (κ3) is 3.43. The summed E-state index contributed by atoms with van der Waals surface area (Å²) in [7, 11) is 3.43. The summed E-state index contributed by atoms with van der Waals surface area (Å²) >= 11 is 0. The van der Waals surface area contributed by atoms with E-state index in [1.807, 2.05) is 0 Å². The first-order valence-corrected chi connectivity index (χ1v) is 7.91. The number of amides is 2. The molecule has 3 rings (SSSR count). The van der Waals surface area contributed by atoms with E-state index in [1.54, 1.807) is 43.3 Å². The third-order valence-electron chi connectivity index (χ3n) is 4.36. The van der Waals surface area contributed by atoms with Crippen LogP contribution in [0.1, 0.15) is 20.7 Å². The number of rotatable bonds is 4. The summed E-state index contributed by atoms with van der Waals surface area (Å²) in [5.41, 5.74) is 7.03. The number of nitrogens with two attached hydrogens (primary N) is 1. The van der Waals surface area contributed by atoms with Gasteiger partial charge in [-0.25, -0.2) is 9.97 Å². The lowest BCUT2D eigenvalue weighted by Gasteiger charge is -2.35. The Morgan fingerprint density at radius 3 is 2.04 bits per heavy atom. The number of aromatic nitrogens is 2. The van der Waals surface area contributed by atoms with Gasteiger partial charge >= 0.3 is 0 Å². The van der Waals surface area contributed by atoms with Crippen molar-refractivity contribution in [2.75, 3.05) is 37.8 Å². The first-order valence-electron chi connectivity index (χ1n) is 7.91. The molecule has 1 aromatic carbocycles. The normalized spacial score (nSPS) is 13.8. The fraction of sp³-hybridized carbons (Fsp3) is 0.294. The molecule has 2 amide bonds. The molecule has 130 valence electrons. The molecule has 0 atom stereocenters. The molecule has 0 saturated carbocycles. The minimum Gasteiger partial charge on any atom is -0.368 e. The van der Waals surface area contributed by atoms with E-state index in [2.05, 4.69) is 15.3 Å². The molecular weight excluding hydrogens is 320 g/mol. The summed E-state index contributed by atoms with van der Waals surface area (Å²) in [4.78, 5) is 35.9. The summed E-state index contributed by atoms with van der Waals surface area (Å²) in [5, 5.41) is 3.14. The Morgan fingerprint density at radius 2 is 1.56 bits per heavy atom. The van der Waals surface area contributed by atoms with Crippen molar-refractivity contribution in [2.24, 2.45) is 0 Å². The molecule has 3 N–H and O–H groups in total. The van der Waals surface area contributed by atoms with E-state index in [1.165, 1.54) is 17.3 Å². The number of carbonyl (C=O) groups excluding carboxylic acids is 2. The number of anilines is 2. The maximum Gasteiger partial charge on any atom is 0.258 e. The van der Waals surface area contributed by atoms with E-state index in [4.69, 9.17) is 5.73 Å². The Balaban J connectivity index is 1.71. The van der Waals surface area contributed by atoms with Crippen LogP contribution in [0.2, 0.25) is 0 Å². The van der Waals surface area contributed by atoms with Gasteiger partial charge in [0.2, 0.25) is 5.95 Å². The van der Waals surface area contributed by atoms with Crippen LogP contribution in [-0.2, 0) is 0 Å². The zero-order valence-electron chi connectivity index (χ0n) is 14.1. The van der Waals surface area contributed by atoms with E-state index in [9.17, 15) is 9.59 Å². The van der Waals surface area contributed by atoms with E-state index < -0.39 is 0 Å². The molecule has 8 heteroatoms. The van der Waals surface area contributed by atoms with Crippen LogP contribution in [0.4, 0.5) is 11.6 Å². The summed E-state index contributed by atoms with van der Waals surface area (Å²) in [5.74, 6) is -0.118. The largest absolute Gasteiger partial charge is 0.368 e. The van der Waals surface area contributed by atoms with Gasteiger partial charge in [-0.3, -0.25) is 9.59 Å². The number of carbonyl (C=O) groups is 2. The second-order valence-electron chi connectivity index (χ2n) is 5.97. The molecule has 2 heterocycles. The zero-order valence-corrected chi connectivity index (χ0v) is 14.1. The molecule has 0 unspecified atom stereocenters. The number of nitrogens with one attached hydrogen (secondary N) is 1. The number of hydrogen-bond donors (Lipinski definition) is 2. The standard InChI is InChI=1S/C17H20N6O2/c1-22(13-7-19-8-13)15(24)11-3-5-12(6-4-11)16(25)23(2)14-9-20-17(18)21-10-14/h3-6,9-10,13,19H,7-8H2,1-2H3,(H2,18,20,21). The van der Waals surface area contributed by atoms with Crippen LogP contribution < -0.4 is 16.0 Å². The van der Waals surface area contributed by atoms with Gasteiger partial charge in [-0.2, -0.15) is 0 Å². The third-order valence-corrected chi connectivity index (χ3v) is 4.36. The molecule has 1 aliphatic heterocycles. The Kier molecular flexibility index (Phi) is 4.62. The molecule has 0 radical (unpaired) electrons. The molecule has 2 aromatic rings.